The minimum absolute atomic E-state index is 0.0263. The van der Waals surface area contributed by atoms with E-state index in [9.17, 15) is 4.79 Å². The third-order valence-electron chi connectivity index (χ3n) is 4.21. The monoisotopic (exact) mass is 338 g/mol. The molecule has 1 aliphatic carbocycles. The number of benzene rings is 1. The van der Waals surface area contributed by atoms with Crippen LogP contribution in [0, 0.1) is 5.92 Å². The van der Waals surface area contributed by atoms with Crippen LogP contribution in [-0.4, -0.2) is 11.9 Å². The van der Waals surface area contributed by atoms with E-state index >= 15 is 0 Å². The zero-order valence-electron chi connectivity index (χ0n) is 12.0. The minimum atomic E-state index is -0.0263. The highest BCUT2D eigenvalue weighted by Gasteiger charge is 2.24. The first-order valence-electron chi connectivity index (χ1n) is 7.47. The van der Waals surface area contributed by atoms with Gasteiger partial charge in [0.05, 0.1) is 5.56 Å². The number of nitrogens with two attached hydrogens (primary N) is 1. The van der Waals surface area contributed by atoms with Crippen LogP contribution in [0.25, 0.3) is 0 Å². The van der Waals surface area contributed by atoms with Crippen LogP contribution in [0.3, 0.4) is 0 Å². The number of halogens is 1. The van der Waals surface area contributed by atoms with Gasteiger partial charge >= 0.3 is 0 Å². The molecule has 3 nitrogen and oxygen atoms in total. The number of nitrogen functional groups attached to an aromatic ring is 1. The van der Waals surface area contributed by atoms with E-state index in [1.807, 2.05) is 6.07 Å². The Kier molecular flexibility index (Phi) is 5.46. The Morgan fingerprint density at radius 2 is 2.10 bits per heavy atom. The van der Waals surface area contributed by atoms with Crippen LogP contribution < -0.4 is 11.1 Å². The van der Waals surface area contributed by atoms with Crippen molar-refractivity contribution in [1.82, 2.24) is 5.32 Å². The Morgan fingerprint density at radius 1 is 1.40 bits per heavy atom. The smallest absolute Gasteiger partial charge is 0.252 e. The van der Waals surface area contributed by atoms with Crippen molar-refractivity contribution in [2.24, 2.45) is 5.92 Å². The Bertz CT molecular complexity index is 470. The molecule has 4 heteroatoms. The van der Waals surface area contributed by atoms with Crippen LogP contribution in [0.4, 0.5) is 5.69 Å². The Balaban J connectivity index is 2.06. The molecule has 1 amide bonds. The molecule has 110 valence electrons. The van der Waals surface area contributed by atoms with Gasteiger partial charge in [-0.05, 0) is 59.3 Å². The average Bonchev–Trinajstić information content (AvgIpc) is 2.48. The fraction of sp³-hybridized carbons (Fsp3) is 0.562. The van der Waals surface area contributed by atoms with Crippen LogP contribution >= 0.6 is 15.9 Å². The lowest BCUT2D eigenvalue weighted by molar-refractivity contribution is 0.0910. The molecule has 3 N–H and O–H groups in total. The van der Waals surface area contributed by atoms with Crippen molar-refractivity contribution in [2.75, 3.05) is 5.73 Å². The predicted molar refractivity (Wildman–Crippen MR) is 86.7 cm³/mol. The third-order valence-corrected chi connectivity index (χ3v) is 4.90. The molecular weight excluding hydrogens is 316 g/mol. The van der Waals surface area contributed by atoms with Crippen molar-refractivity contribution in [3.63, 3.8) is 0 Å². The van der Waals surface area contributed by atoms with Crippen LogP contribution in [0.5, 0.6) is 0 Å². The van der Waals surface area contributed by atoms with Gasteiger partial charge in [-0.3, -0.25) is 4.79 Å². The first-order valence-corrected chi connectivity index (χ1v) is 8.27. The molecule has 1 aliphatic rings. The van der Waals surface area contributed by atoms with Gasteiger partial charge in [-0.25, -0.2) is 0 Å². The topological polar surface area (TPSA) is 55.1 Å². The number of amides is 1. The normalized spacial score (nSPS) is 17.7. The van der Waals surface area contributed by atoms with E-state index in [0.29, 0.717) is 17.2 Å². The summed E-state index contributed by atoms with van der Waals surface area (Å²) in [5.41, 5.74) is 7.01. The van der Waals surface area contributed by atoms with Crippen molar-refractivity contribution in [3.05, 3.63) is 28.2 Å². The summed E-state index contributed by atoms with van der Waals surface area (Å²) in [7, 11) is 0. The molecule has 0 radical (unpaired) electrons. The van der Waals surface area contributed by atoms with Gasteiger partial charge in [-0.1, -0.05) is 26.2 Å². The Labute approximate surface area is 129 Å². The van der Waals surface area contributed by atoms with Crippen LogP contribution in [0.15, 0.2) is 22.7 Å². The van der Waals surface area contributed by atoms with Gasteiger partial charge in [0.2, 0.25) is 0 Å². The zero-order valence-corrected chi connectivity index (χ0v) is 13.6. The van der Waals surface area contributed by atoms with Gasteiger partial charge in [0, 0.05) is 16.2 Å². The van der Waals surface area contributed by atoms with Crippen molar-refractivity contribution < 1.29 is 4.79 Å². The Hall–Kier alpha value is -1.03. The fourth-order valence-electron chi connectivity index (χ4n) is 3.05. The number of hydrogen-bond donors (Lipinski definition) is 2. The minimum Gasteiger partial charge on any atom is -0.399 e. The number of anilines is 1. The summed E-state index contributed by atoms with van der Waals surface area (Å²) in [6.45, 7) is 2.15. The maximum atomic E-state index is 12.4. The quantitative estimate of drug-likeness (QED) is 0.811. The predicted octanol–water partition coefficient (Wildman–Crippen LogP) is 4.12. The summed E-state index contributed by atoms with van der Waals surface area (Å²) in [5.74, 6) is 0.596. The van der Waals surface area contributed by atoms with Gasteiger partial charge in [0.25, 0.3) is 5.91 Å². The second-order valence-corrected chi connectivity index (χ2v) is 6.48. The van der Waals surface area contributed by atoms with E-state index in [4.69, 9.17) is 5.73 Å². The zero-order chi connectivity index (χ0) is 14.5. The molecule has 0 saturated heterocycles. The number of hydrogen-bond acceptors (Lipinski definition) is 2. The molecule has 1 aromatic carbocycles. The van der Waals surface area contributed by atoms with Crippen molar-refractivity contribution in [3.8, 4) is 0 Å². The molecule has 1 atom stereocenters. The van der Waals surface area contributed by atoms with Crippen LogP contribution in [-0.2, 0) is 0 Å². The van der Waals surface area contributed by atoms with E-state index in [1.165, 1.54) is 32.1 Å². The van der Waals surface area contributed by atoms with E-state index in [0.717, 1.165) is 10.9 Å². The largest absolute Gasteiger partial charge is 0.399 e. The lowest BCUT2D eigenvalue weighted by Crippen LogP contribution is -2.40. The van der Waals surface area contributed by atoms with E-state index in [2.05, 4.69) is 28.2 Å². The second kappa shape index (κ2) is 7.11. The summed E-state index contributed by atoms with van der Waals surface area (Å²) in [5, 5.41) is 3.20. The standard InChI is InChI=1S/C16H23BrN2O/c1-2-15(11-6-4-3-5-7-11)19-16(20)13-10-12(18)8-9-14(13)17/h8-11,15H,2-7,18H2,1H3,(H,19,20). The number of carbonyl (C=O) groups is 1. The highest BCUT2D eigenvalue weighted by Crippen LogP contribution is 2.28. The lowest BCUT2D eigenvalue weighted by Gasteiger charge is -2.30. The SMILES string of the molecule is CCC(NC(=O)c1cc(N)ccc1Br)C1CCCCC1. The fourth-order valence-corrected chi connectivity index (χ4v) is 3.48. The van der Waals surface area contributed by atoms with Crippen LogP contribution in [0.2, 0.25) is 0 Å². The molecule has 0 aromatic heterocycles. The van der Waals surface area contributed by atoms with Crippen molar-refractivity contribution >= 4 is 27.5 Å². The molecular formula is C16H23BrN2O. The van der Waals surface area contributed by atoms with Gasteiger partial charge in [0.15, 0.2) is 0 Å². The first kappa shape index (κ1) is 15.4. The van der Waals surface area contributed by atoms with Gasteiger partial charge in [0.1, 0.15) is 0 Å². The second-order valence-electron chi connectivity index (χ2n) is 5.63. The van der Waals surface area contributed by atoms with E-state index < -0.39 is 0 Å². The molecule has 0 aliphatic heterocycles. The van der Waals surface area contributed by atoms with Gasteiger partial charge < -0.3 is 11.1 Å². The number of rotatable bonds is 4. The summed E-state index contributed by atoms with van der Waals surface area (Å²) < 4.78 is 0.794. The molecule has 1 saturated carbocycles. The average molecular weight is 339 g/mol. The summed E-state index contributed by atoms with van der Waals surface area (Å²) in [6, 6.07) is 5.62. The molecule has 20 heavy (non-hydrogen) atoms. The van der Waals surface area contributed by atoms with E-state index in [1.54, 1.807) is 12.1 Å². The van der Waals surface area contributed by atoms with Crippen molar-refractivity contribution in [2.45, 2.75) is 51.5 Å². The third kappa shape index (κ3) is 3.75. The van der Waals surface area contributed by atoms with Crippen LogP contribution in [0.1, 0.15) is 55.8 Å². The number of carbonyl (C=O) groups excluding carboxylic acids is 1. The highest BCUT2D eigenvalue weighted by molar-refractivity contribution is 9.10. The first-order chi connectivity index (χ1) is 9.61. The van der Waals surface area contributed by atoms with Crippen molar-refractivity contribution in [1.29, 1.82) is 0 Å². The molecule has 1 aromatic rings. The van der Waals surface area contributed by atoms with Gasteiger partial charge in [-0.15, -0.1) is 0 Å². The van der Waals surface area contributed by atoms with Gasteiger partial charge in [-0.2, -0.15) is 0 Å². The summed E-state index contributed by atoms with van der Waals surface area (Å²) >= 11 is 3.42. The lowest BCUT2D eigenvalue weighted by atomic mass is 9.83. The molecule has 0 spiro atoms. The molecule has 0 bridgehead atoms. The van der Waals surface area contributed by atoms with E-state index in [-0.39, 0.29) is 11.9 Å². The molecule has 2 rings (SSSR count). The molecule has 0 heterocycles. The maximum absolute atomic E-state index is 12.4. The molecule has 1 unspecified atom stereocenters. The molecule has 1 fully saturated rings. The maximum Gasteiger partial charge on any atom is 0.252 e. The summed E-state index contributed by atoms with van der Waals surface area (Å²) in [4.78, 5) is 12.4. The highest BCUT2D eigenvalue weighted by atomic mass is 79.9. The number of nitrogens with one attached hydrogen (secondary N) is 1. The Morgan fingerprint density at radius 3 is 2.75 bits per heavy atom. The summed E-state index contributed by atoms with van der Waals surface area (Å²) in [6.07, 6.45) is 7.36.